The topological polar surface area (TPSA) is 52.3 Å². The van der Waals surface area contributed by atoms with Gasteiger partial charge in [0.25, 0.3) is 0 Å². The quantitative estimate of drug-likeness (QED) is 0.897. The first kappa shape index (κ1) is 12.5. The molecule has 3 nitrogen and oxygen atoms in total. The van der Waals surface area contributed by atoms with E-state index in [2.05, 4.69) is 0 Å². The molecule has 0 spiro atoms. The largest absolute Gasteiger partial charge is 0.379 e. The summed E-state index contributed by atoms with van der Waals surface area (Å²) in [6.07, 6.45) is 0.431. The van der Waals surface area contributed by atoms with Crippen molar-refractivity contribution in [2.45, 2.75) is 18.4 Å². The third kappa shape index (κ3) is 2.49. The van der Waals surface area contributed by atoms with Gasteiger partial charge in [0.15, 0.2) is 5.78 Å². The molecule has 2 rings (SSSR count). The minimum Gasteiger partial charge on any atom is -0.379 e. The molecule has 1 saturated heterocycles. The Balaban J connectivity index is 2.16. The number of carbonyl (C=O) groups excluding carboxylic acids is 1. The van der Waals surface area contributed by atoms with Crippen LogP contribution in [-0.2, 0) is 16.0 Å². The van der Waals surface area contributed by atoms with E-state index in [1.807, 2.05) is 0 Å². The number of rotatable bonds is 3. The molecule has 0 amide bonds. The minimum atomic E-state index is -0.977. The minimum absolute atomic E-state index is 0.0176. The predicted molar refractivity (Wildman–Crippen MR) is 62.5 cm³/mol. The molecule has 1 heterocycles. The number of hydrogen-bond donors (Lipinski definition) is 1. The molecule has 0 bridgehead atoms. The number of carbonyl (C=O) groups is 1. The van der Waals surface area contributed by atoms with Crippen LogP contribution in [0.3, 0.4) is 0 Å². The normalized spacial score (nSPS) is 23.9. The van der Waals surface area contributed by atoms with Crippen molar-refractivity contribution in [2.75, 3.05) is 13.2 Å². The maximum atomic E-state index is 13.6. The summed E-state index contributed by atoms with van der Waals surface area (Å²) in [6, 6.07) is 4.60. The van der Waals surface area contributed by atoms with Crippen molar-refractivity contribution < 1.29 is 13.9 Å². The summed E-state index contributed by atoms with van der Waals surface area (Å²) >= 11 is 5.65. The molecule has 1 aromatic carbocycles. The Hall–Kier alpha value is -0.970. The number of Topliss-reactive ketones (excluding diaryl/α,β-unsaturated/α-hetero) is 1. The van der Waals surface area contributed by atoms with Gasteiger partial charge >= 0.3 is 0 Å². The first-order chi connectivity index (χ1) is 8.03. The van der Waals surface area contributed by atoms with Crippen molar-refractivity contribution in [1.29, 1.82) is 0 Å². The molecule has 0 radical (unpaired) electrons. The van der Waals surface area contributed by atoms with Crippen LogP contribution in [0.2, 0.25) is 5.02 Å². The van der Waals surface area contributed by atoms with E-state index in [1.165, 1.54) is 12.1 Å². The number of benzene rings is 1. The van der Waals surface area contributed by atoms with Crippen molar-refractivity contribution >= 4 is 17.4 Å². The summed E-state index contributed by atoms with van der Waals surface area (Å²) in [7, 11) is 0. The first-order valence-corrected chi connectivity index (χ1v) is 5.73. The number of ether oxygens (including phenoxy) is 1. The van der Waals surface area contributed by atoms with Gasteiger partial charge < -0.3 is 10.5 Å². The summed E-state index contributed by atoms with van der Waals surface area (Å²) in [5, 5.41) is 0.0176. The van der Waals surface area contributed by atoms with Crippen molar-refractivity contribution in [3.05, 3.63) is 34.6 Å². The summed E-state index contributed by atoms with van der Waals surface area (Å²) in [5.41, 5.74) is 5.21. The molecule has 2 N–H and O–H groups in total. The summed E-state index contributed by atoms with van der Waals surface area (Å²) in [4.78, 5) is 12.0. The summed E-state index contributed by atoms with van der Waals surface area (Å²) < 4.78 is 18.7. The average Bonchev–Trinajstić information content (AvgIpc) is 2.73. The predicted octanol–water partition coefficient (Wildman–Crippen LogP) is 1.71. The molecule has 1 unspecified atom stereocenters. The molecule has 92 valence electrons. The van der Waals surface area contributed by atoms with Crippen LogP contribution in [0.5, 0.6) is 0 Å². The van der Waals surface area contributed by atoms with E-state index in [1.54, 1.807) is 6.07 Å². The standard InChI is InChI=1S/C12H13ClFNO2/c13-9-3-1-2-8(11(9)14)6-10(16)12(15)4-5-17-7-12/h1-3H,4-7,15H2. The lowest BCUT2D eigenvalue weighted by atomic mass is 9.90. The van der Waals surface area contributed by atoms with Gasteiger partial charge in [0.2, 0.25) is 0 Å². The molecule has 0 aliphatic carbocycles. The van der Waals surface area contributed by atoms with E-state index in [-0.39, 0.29) is 29.4 Å². The lowest BCUT2D eigenvalue weighted by Crippen LogP contribution is -2.49. The van der Waals surface area contributed by atoms with Crippen LogP contribution >= 0.6 is 11.6 Å². The smallest absolute Gasteiger partial charge is 0.159 e. The summed E-state index contributed by atoms with van der Waals surface area (Å²) in [6.45, 7) is 0.675. The Labute approximate surface area is 104 Å². The fourth-order valence-corrected chi connectivity index (χ4v) is 2.03. The van der Waals surface area contributed by atoms with Crippen LogP contribution in [0, 0.1) is 5.82 Å². The van der Waals surface area contributed by atoms with E-state index in [9.17, 15) is 9.18 Å². The highest BCUT2D eigenvalue weighted by Gasteiger charge is 2.37. The zero-order valence-corrected chi connectivity index (χ0v) is 9.97. The van der Waals surface area contributed by atoms with Crippen LogP contribution in [0.25, 0.3) is 0 Å². The first-order valence-electron chi connectivity index (χ1n) is 5.36. The molecular formula is C12H13ClFNO2. The van der Waals surface area contributed by atoms with Crippen molar-refractivity contribution in [1.82, 2.24) is 0 Å². The zero-order chi connectivity index (χ0) is 12.5. The highest BCUT2D eigenvalue weighted by Crippen LogP contribution is 2.22. The fraction of sp³-hybridized carbons (Fsp3) is 0.417. The molecule has 0 saturated carbocycles. The van der Waals surface area contributed by atoms with E-state index in [0.29, 0.717) is 13.0 Å². The lowest BCUT2D eigenvalue weighted by Gasteiger charge is -2.20. The van der Waals surface area contributed by atoms with Crippen molar-refractivity contribution in [3.63, 3.8) is 0 Å². The fourth-order valence-electron chi connectivity index (χ4n) is 1.83. The maximum Gasteiger partial charge on any atom is 0.159 e. The molecular weight excluding hydrogens is 245 g/mol. The number of ketones is 1. The van der Waals surface area contributed by atoms with Crippen LogP contribution in [0.1, 0.15) is 12.0 Å². The van der Waals surface area contributed by atoms with Gasteiger partial charge in [-0.05, 0) is 18.1 Å². The van der Waals surface area contributed by atoms with Gasteiger partial charge in [-0.3, -0.25) is 4.79 Å². The van der Waals surface area contributed by atoms with Gasteiger partial charge in [-0.2, -0.15) is 0 Å². The molecule has 1 aliphatic rings. The number of halogens is 2. The van der Waals surface area contributed by atoms with Gasteiger partial charge in [0.1, 0.15) is 11.4 Å². The lowest BCUT2D eigenvalue weighted by molar-refractivity contribution is -0.123. The second-order valence-corrected chi connectivity index (χ2v) is 4.68. The monoisotopic (exact) mass is 257 g/mol. The second kappa shape index (κ2) is 4.72. The highest BCUT2D eigenvalue weighted by atomic mass is 35.5. The number of nitrogens with two attached hydrogens (primary N) is 1. The SMILES string of the molecule is NC1(C(=O)Cc2cccc(Cl)c2F)CCOC1. The Kier molecular flexibility index (Phi) is 3.47. The molecule has 1 fully saturated rings. The third-order valence-electron chi connectivity index (χ3n) is 2.99. The zero-order valence-electron chi connectivity index (χ0n) is 9.21. The van der Waals surface area contributed by atoms with E-state index in [4.69, 9.17) is 22.1 Å². The Morgan fingerprint density at radius 3 is 3.00 bits per heavy atom. The van der Waals surface area contributed by atoms with E-state index in [0.717, 1.165) is 0 Å². The Morgan fingerprint density at radius 2 is 2.35 bits per heavy atom. The van der Waals surface area contributed by atoms with E-state index < -0.39 is 11.4 Å². The van der Waals surface area contributed by atoms with Gasteiger partial charge in [0, 0.05) is 13.0 Å². The van der Waals surface area contributed by atoms with Crippen LogP contribution in [0.15, 0.2) is 18.2 Å². The van der Waals surface area contributed by atoms with Crippen LogP contribution < -0.4 is 5.73 Å². The maximum absolute atomic E-state index is 13.6. The highest BCUT2D eigenvalue weighted by molar-refractivity contribution is 6.30. The van der Waals surface area contributed by atoms with Gasteiger partial charge in [-0.15, -0.1) is 0 Å². The Bertz CT molecular complexity index is 444. The van der Waals surface area contributed by atoms with Gasteiger partial charge in [-0.1, -0.05) is 23.7 Å². The van der Waals surface area contributed by atoms with Gasteiger partial charge in [-0.25, -0.2) is 4.39 Å². The third-order valence-corrected chi connectivity index (χ3v) is 3.28. The second-order valence-electron chi connectivity index (χ2n) is 4.27. The molecule has 1 atom stereocenters. The number of hydrogen-bond acceptors (Lipinski definition) is 3. The van der Waals surface area contributed by atoms with Gasteiger partial charge in [0.05, 0.1) is 11.6 Å². The molecule has 5 heteroatoms. The molecule has 1 aromatic rings. The average molecular weight is 258 g/mol. The van der Waals surface area contributed by atoms with Crippen LogP contribution in [-0.4, -0.2) is 24.5 Å². The summed E-state index contributed by atoms with van der Waals surface area (Å²) in [5.74, 6) is -0.763. The van der Waals surface area contributed by atoms with E-state index >= 15 is 0 Å². The molecule has 0 aromatic heterocycles. The van der Waals surface area contributed by atoms with Crippen LogP contribution in [0.4, 0.5) is 4.39 Å². The molecule has 17 heavy (non-hydrogen) atoms. The Morgan fingerprint density at radius 1 is 1.59 bits per heavy atom. The van der Waals surface area contributed by atoms with Crippen molar-refractivity contribution in [3.8, 4) is 0 Å². The van der Waals surface area contributed by atoms with Crippen molar-refractivity contribution in [2.24, 2.45) is 5.73 Å². The molecule has 1 aliphatic heterocycles.